The van der Waals surface area contributed by atoms with Crippen LogP contribution in [0.15, 0.2) is 40.3 Å². The smallest absolute Gasteiger partial charge is 0.247 e. The van der Waals surface area contributed by atoms with Crippen LogP contribution < -0.4 is 5.73 Å². The molecule has 106 valence electrons. The van der Waals surface area contributed by atoms with Crippen LogP contribution >= 0.6 is 27.3 Å². The zero-order chi connectivity index (χ0) is 14.8. The predicted molar refractivity (Wildman–Crippen MR) is 84.3 cm³/mol. The van der Waals surface area contributed by atoms with Crippen LogP contribution in [0.4, 0.5) is 0 Å². The number of amides is 1. The molecule has 0 aliphatic carbocycles. The lowest BCUT2D eigenvalue weighted by atomic mass is 9.92. The minimum Gasteiger partial charge on any atom is -0.337 e. The maximum atomic E-state index is 12.5. The van der Waals surface area contributed by atoms with Gasteiger partial charge >= 0.3 is 0 Å². The lowest BCUT2D eigenvalue weighted by molar-refractivity contribution is -0.136. The maximum Gasteiger partial charge on any atom is 0.247 e. The Morgan fingerprint density at radius 2 is 2.10 bits per heavy atom. The van der Waals surface area contributed by atoms with Crippen LogP contribution in [-0.2, 0) is 16.9 Å². The highest BCUT2D eigenvalue weighted by Crippen LogP contribution is 2.23. The van der Waals surface area contributed by atoms with Crippen molar-refractivity contribution < 1.29 is 4.79 Å². The van der Waals surface area contributed by atoms with Crippen molar-refractivity contribution >= 4 is 33.2 Å². The maximum absolute atomic E-state index is 12.5. The largest absolute Gasteiger partial charge is 0.337 e. The van der Waals surface area contributed by atoms with Crippen LogP contribution in [0.1, 0.15) is 17.5 Å². The summed E-state index contributed by atoms with van der Waals surface area (Å²) in [7, 11) is 1.74. The topological polar surface area (TPSA) is 59.2 Å². The second-order valence-corrected chi connectivity index (χ2v) is 6.69. The van der Waals surface area contributed by atoms with Crippen LogP contribution in [0.2, 0.25) is 0 Å². The van der Waals surface area contributed by atoms with E-state index < -0.39 is 5.54 Å². The fraction of sp³-hybridized carbons (Fsp3) is 0.286. The number of halogens is 1. The van der Waals surface area contributed by atoms with E-state index in [2.05, 4.69) is 20.9 Å². The zero-order valence-electron chi connectivity index (χ0n) is 11.3. The Morgan fingerprint density at radius 3 is 2.65 bits per heavy atom. The van der Waals surface area contributed by atoms with Gasteiger partial charge in [0.1, 0.15) is 10.5 Å². The molecule has 2 N–H and O–H groups in total. The number of nitrogens with zero attached hydrogens (tertiary/aromatic N) is 2. The van der Waals surface area contributed by atoms with Crippen molar-refractivity contribution in [1.29, 1.82) is 0 Å². The van der Waals surface area contributed by atoms with Crippen molar-refractivity contribution in [2.75, 3.05) is 7.05 Å². The number of aromatic nitrogens is 1. The van der Waals surface area contributed by atoms with Gasteiger partial charge in [0.25, 0.3) is 0 Å². The molecule has 1 amide bonds. The van der Waals surface area contributed by atoms with E-state index in [4.69, 9.17) is 5.73 Å². The van der Waals surface area contributed by atoms with Gasteiger partial charge < -0.3 is 10.6 Å². The minimum absolute atomic E-state index is 0.130. The molecule has 1 aromatic carbocycles. The molecule has 1 atom stereocenters. The average molecular weight is 354 g/mol. The van der Waals surface area contributed by atoms with Gasteiger partial charge in [-0.3, -0.25) is 4.79 Å². The van der Waals surface area contributed by atoms with E-state index >= 15 is 0 Å². The number of carbonyl (C=O) groups excluding carboxylic acids is 1. The second kappa shape index (κ2) is 6.03. The summed E-state index contributed by atoms with van der Waals surface area (Å²) in [6.45, 7) is 2.21. The molecule has 2 rings (SSSR count). The Labute approximate surface area is 130 Å². The number of rotatable bonds is 4. The molecule has 0 aliphatic heterocycles. The van der Waals surface area contributed by atoms with Crippen molar-refractivity contribution in [2.45, 2.75) is 19.0 Å². The van der Waals surface area contributed by atoms with Gasteiger partial charge in [-0.05, 0) is 24.6 Å². The summed E-state index contributed by atoms with van der Waals surface area (Å²) >= 11 is 4.90. The fourth-order valence-electron chi connectivity index (χ4n) is 1.92. The van der Waals surface area contributed by atoms with E-state index in [1.807, 2.05) is 29.6 Å². The molecule has 1 unspecified atom stereocenters. The first kappa shape index (κ1) is 15.2. The van der Waals surface area contributed by atoms with Crippen LogP contribution in [0.5, 0.6) is 0 Å². The van der Waals surface area contributed by atoms with Gasteiger partial charge in [0.15, 0.2) is 0 Å². The van der Waals surface area contributed by atoms with E-state index in [0.717, 1.165) is 15.0 Å². The molecule has 6 heteroatoms. The monoisotopic (exact) mass is 353 g/mol. The van der Waals surface area contributed by atoms with E-state index in [0.29, 0.717) is 6.54 Å². The number of nitrogens with two attached hydrogens (primary N) is 1. The summed E-state index contributed by atoms with van der Waals surface area (Å²) in [5.41, 5.74) is 5.98. The molecule has 0 fully saturated rings. The Bertz CT molecular complexity index is 581. The molecular weight excluding hydrogens is 338 g/mol. The van der Waals surface area contributed by atoms with Gasteiger partial charge in [0, 0.05) is 23.1 Å². The van der Waals surface area contributed by atoms with Gasteiger partial charge in [-0.2, -0.15) is 0 Å². The van der Waals surface area contributed by atoms with Gasteiger partial charge in [-0.25, -0.2) is 4.98 Å². The highest BCUT2D eigenvalue weighted by molar-refractivity contribution is 9.10. The molecule has 2 aromatic rings. The van der Waals surface area contributed by atoms with Gasteiger partial charge in [0.2, 0.25) is 5.91 Å². The first-order valence-electron chi connectivity index (χ1n) is 6.10. The highest BCUT2D eigenvalue weighted by Gasteiger charge is 2.33. The minimum atomic E-state index is -1.05. The average Bonchev–Trinajstić information content (AvgIpc) is 2.91. The lowest BCUT2D eigenvalue weighted by Gasteiger charge is -2.29. The number of benzene rings is 1. The van der Waals surface area contributed by atoms with E-state index in [-0.39, 0.29) is 5.91 Å². The molecule has 0 radical (unpaired) electrons. The first-order valence-corrected chi connectivity index (χ1v) is 7.77. The quantitative estimate of drug-likeness (QED) is 0.919. The molecule has 0 bridgehead atoms. The first-order chi connectivity index (χ1) is 9.41. The Kier molecular flexibility index (Phi) is 4.57. The Hall–Kier alpha value is -1.24. The van der Waals surface area contributed by atoms with Gasteiger partial charge in [-0.15, -0.1) is 11.3 Å². The number of thiazole rings is 1. The van der Waals surface area contributed by atoms with Crippen LogP contribution in [0.25, 0.3) is 0 Å². The molecule has 1 heterocycles. The van der Waals surface area contributed by atoms with Crippen molar-refractivity contribution in [2.24, 2.45) is 5.73 Å². The number of hydrogen-bond acceptors (Lipinski definition) is 4. The van der Waals surface area contributed by atoms with Gasteiger partial charge in [-0.1, -0.05) is 28.1 Å². The lowest BCUT2D eigenvalue weighted by Crippen LogP contribution is -2.49. The summed E-state index contributed by atoms with van der Waals surface area (Å²) in [5.74, 6) is -0.130. The predicted octanol–water partition coefficient (Wildman–Crippen LogP) is 2.74. The second-order valence-electron chi connectivity index (χ2n) is 4.80. The Morgan fingerprint density at radius 1 is 1.45 bits per heavy atom. The molecule has 0 saturated heterocycles. The number of carbonyl (C=O) groups is 1. The van der Waals surface area contributed by atoms with Crippen LogP contribution in [0.3, 0.4) is 0 Å². The van der Waals surface area contributed by atoms with Crippen molar-refractivity contribution in [1.82, 2.24) is 9.88 Å². The van der Waals surface area contributed by atoms with Crippen molar-refractivity contribution in [3.05, 3.63) is 50.9 Å². The standard InChI is InChI=1S/C14H16BrN3OS/c1-14(16,10-3-5-11(15)6-4-10)13(19)18(2)9-12-17-7-8-20-12/h3-8H,9,16H2,1-2H3. The summed E-state index contributed by atoms with van der Waals surface area (Å²) < 4.78 is 0.959. The fourth-order valence-corrected chi connectivity index (χ4v) is 2.85. The number of likely N-dealkylation sites (N-methyl/N-ethyl adjacent to an activating group) is 1. The zero-order valence-corrected chi connectivity index (χ0v) is 13.7. The molecule has 1 aromatic heterocycles. The molecule has 0 spiro atoms. The number of hydrogen-bond donors (Lipinski definition) is 1. The van der Waals surface area contributed by atoms with Crippen LogP contribution in [0, 0.1) is 0 Å². The van der Waals surface area contributed by atoms with E-state index in [9.17, 15) is 4.79 Å². The SMILES string of the molecule is CN(Cc1nccs1)C(=O)C(C)(N)c1ccc(Br)cc1. The van der Waals surface area contributed by atoms with Crippen molar-refractivity contribution in [3.8, 4) is 0 Å². The van der Waals surface area contributed by atoms with Crippen molar-refractivity contribution in [3.63, 3.8) is 0 Å². The summed E-state index contributed by atoms with van der Waals surface area (Å²) in [4.78, 5) is 18.3. The normalized spacial score (nSPS) is 13.8. The molecular formula is C14H16BrN3OS. The highest BCUT2D eigenvalue weighted by atomic mass is 79.9. The Balaban J connectivity index is 2.15. The van der Waals surface area contributed by atoms with E-state index in [1.54, 1.807) is 25.1 Å². The summed E-state index contributed by atoms with van der Waals surface area (Å²) in [6.07, 6.45) is 1.73. The third kappa shape index (κ3) is 3.26. The molecule has 0 aliphatic rings. The van der Waals surface area contributed by atoms with E-state index in [1.165, 1.54) is 11.3 Å². The summed E-state index contributed by atoms with van der Waals surface area (Å²) in [5, 5.41) is 2.79. The van der Waals surface area contributed by atoms with Crippen LogP contribution in [-0.4, -0.2) is 22.8 Å². The molecule has 20 heavy (non-hydrogen) atoms. The summed E-state index contributed by atoms with van der Waals surface area (Å²) in [6, 6.07) is 7.49. The third-order valence-corrected chi connectivity index (χ3v) is 4.38. The van der Waals surface area contributed by atoms with Gasteiger partial charge in [0.05, 0.1) is 6.54 Å². The molecule has 0 saturated carbocycles. The third-order valence-electron chi connectivity index (χ3n) is 3.09. The molecule has 4 nitrogen and oxygen atoms in total.